The third-order valence-electron chi connectivity index (χ3n) is 11.1. The Bertz CT molecular complexity index is 949. The number of allylic oxidation sites excluding steroid dienone is 4. The van der Waals surface area contributed by atoms with Crippen molar-refractivity contribution in [3.05, 3.63) is 71.8 Å². The molecule has 6 rings (SSSR count). The average Bonchev–Trinajstić information content (AvgIpc) is 3.36. The Hall–Kier alpha value is -1.64. The molecule has 0 amide bonds. The van der Waals surface area contributed by atoms with Crippen LogP contribution in [-0.2, 0) is 0 Å². The first kappa shape index (κ1) is 34.2. The SMILES string of the molecule is CC.CC1CCN(C(C2=CCC=CC=C2)C2CCCCC2)CC1.CC1CCN(C(c2ccccc2)C2CCCCC2)CC1. The van der Waals surface area contributed by atoms with E-state index in [0.717, 1.165) is 30.1 Å². The minimum absolute atomic E-state index is 0.684. The average molecular weight is 587 g/mol. The molecule has 2 heterocycles. The maximum absolute atomic E-state index is 2.82. The fraction of sp³-hybridized carbons (Fsp3) is 0.707. The third kappa shape index (κ3) is 10.5. The standard InChI is InChI=1S/C20H31N.C19H29N.C2H6/c1-17-13-15-21(16-14-17)20(19-11-7-4-8-12-19)18-9-5-2-3-6-10-18;1-16-12-14-20(15-13-16)19(17-8-4-2-5-9-17)18-10-6-3-7-11-18;1-2/h2-3,5,9-10,17,19-20H,4,6-8,11-16H2,1H3;2,4-5,8-9,16,18-19H,3,6-7,10-15H2,1H3;1-2H3. The van der Waals surface area contributed by atoms with E-state index in [0.29, 0.717) is 12.1 Å². The number of piperidine rings is 2. The highest BCUT2D eigenvalue weighted by Gasteiger charge is 2.33. The summed E-state index contributed by atoms with van der Waals surface area (Å²) >= 11 is 0. The summed E-state index contributed by atoms with van der Waals surface area (Å²) in [5, 5.41) is 0. The largest absolute Gasteiger partial charge is 0.296 e. The summed E-state index contributed by atoms with van der Waals surface area (Å²) in [5.41, 5.74) is 3.16. The topological polar surface area (TPSA) is 6.48 Å². The highest BCUT2D eigenvalue weighted by molar-refractivity contribution is 5.31. The van der Waals surface area contributed by atoms with E-state index in [9.17, 15) is 0 Å². The fourth-order valence-corrected chi connectivity index (χ4v) is 8.54. The fourth-order valence-electron chi connectivity index (χ4n) is 8.54. The molecule has 2 atom stereocenters. The van der Waals surface area contributed by atoms with Gasteiger partial charge in [0.15, 0.2) is 0 Å². The molecule has 2 saturated carbocycles. The molecule has 0 N–H and O–H groups in total. The molecule has 2 unspecified atom stereocenters. The minimum Gasteiger partial charge on any atom is -0.296 e. The quantitative estimate of drug-likeness (QED) is 0.327. The first-order chi connectivity index (χ1) is 21.2. The molecule has 5 aliphatic rings. The summed E-state index contributed by atoms with van der Waals surface area (Å²) in [5.74, 6) is 3.63. The van der Waals surface area contributed by atoms with Crippen molar-refractivity contribution in [2.75, 3.05) is 26.2 Å². The molecule has 0 radical (unpaired) electrons. The van der Waals surface area contributed by atoms with Gasteiger partial charge in [-0.05, 0) is 119 Å². The van der Waals surface area contributed by atoms with Gasteiger partial charge in [-0.3, -0.25) is 9.80 Å². The van der Waals surface area contributed by atoms with Gasteiger partial charge < -0.3 is 0 Å². The monoisotopic (exact) mass is 587 g/mol. The van der Waals surface area contributed by atoms with Gasteiger partial charge in [0.05, 0.1) is 0 Å². The number of nitrogens with zero attached hydrogens (tertiary/aromatic N) is 2. The second-order valence-electron chi connectivity index (χ2n) is 14.3. The first-order valence-electron chi connectivity index (χ1n) is 18.8. The van der Waals surface area contributed by atoms with E-state index >= 15 is 0 Å². The van der Waals surface area contributed by atoms with Crippen LogP contribution in [0.5, 0.6) is 0 Å². The van der Waals surface area contributed by atoms with Crippen molar-refractivity contribution in [3.63, 3.8) is 0 Å². The molecule has 2 saturated heterocycles. The molecular weight excluding hydrogens is 520 g/mol. The Balaban J connectivity index is 0.000000186. The molecule has 240 valence electrons. The zero-order valence-electron chi connectivity index (χ0n) is 28.6. The van der Waals surface area contributed by atoms with E-state index in [1.165, 1.54) is 116 Å². The summed E-state index contributed by atoms with van der Waals surface area (Å²) < 4.78 is 0. The highest BCUT2D eigenvalue weighted by atomic mass is 15.2. The predicted molar refractivity (Wildman–Crippen MR) is 188 cm³/mol. The Labute approximate surface area is 267 Å². The number of likely N-dealkylation sites (tertiary alicyclic amines) is 2. The molecular formula is C41H66N2. The lowest BCUT2D eigenvalue weighted by Crippen LogP contribution is -2.46. The zero-order chi connectivity index (χ0) is 30.3. The van der Waals surface area contributed by atoms with Crippen LogP contribution in [0.3, 0.4) is 0 Å². The van der Waals surface area contributed by atoms with Crippen LogP contribution in [0.1, 0.15) is 136 Å². The van der Waals surface area contributed by atoms with E-state index in [4.69, 9.17) is 0 Å². The van der Waals surface area contributed by atoms with Gasteiger partial charge in [0.1, 0.15) is 0 Å². The minimum atomic E-state index is 0.684. The lowest BCUT2D eigenvalue weighted by Gasteiger charge is -2.42. The van der Waals surface area contributed by atoms with Crippen molar-refractivity contribution in [1.29, 1.82) is 0 Å². The maximum atomic E-state index is 2.82. The van der Waals surface area contributed by atoms with Crippen molar-refractivity contribution in [2.45, 2.75) is 136 Å². The summed E-state index contributed by atoms with van der Waals surface area (Å²) in [6.45, 7) is 14.0. The number of hydrogen-bond donors (Lipinski definition) is 0. The van der Waals surface area contributed by atoms with E-state index in [-0.39, 0.29) is 0 Å². The second-order valence-corrected chi connectivity index (χ2v) is 14.3. The predicted octanol–water partition coefficient (Wildman–Crippen LogP) is 11.2. The van der Waals surface area contributed by atoms with Crippen LogP contribution in [0, 0.1) is 23.7 Å². The summed E-state index contributed by atoms with van der Waals surface area (Å²) in [6.07, 6.45) is 32.7. The van der Waals surface area contributed by atoms with Crippen molar-refractivity contribution in [2.24, 2.45) is 23.7 Å². The van der Waals surface area contributed by atoms with Crippen LogP contribution in [0.15, 0.2) is 66.3 Å². The Morgan fingerprint density at radius 3 is 1.60 bits per heavy atom. The number of benzene rings is 1. The van der Waals surface area contributed by atoms with Crippen LogP contribution >= 0.6 is 0 Å². The Kier molecular flexibility index (Phi) is 15.1. The highest BCUT2D eigenvalue weighted by Crippen LogP contribution is 2.40. The van der Waals surface area contributed by atoms with Gasteiger partial charge >= 0.3 is 0 Å². The van der Waals surface area contributed by atoms with E-state index in [1.807, 2.05) is 13.8 Å². The molecule has 0 bridgehead atoms. The molecule has 4 fully saturated rings. The zero-order valence-corrected chi connectivity index (χ0v) is 28.6. The lowest BCUT2D eigenvalue weighted by atomic mass is 9.79. The van der Waals surface area contributed by atoms with Crippen molar-refractivity contribution >= 4 is 0 Å². The van der Waals surface area contributed by atoms with Gasteiger partial charge in [-0.25, -0.2) is 0 Å². The van der Waals surface area contributed by atoms with Crippen LogP contribution in [0.4, 0.5) is 0 Å². The van der Waals surface area contributed by atoms with Crippen molar-refractivity contribution in [1.82, 2.24) is 9.80 Å². The van der Waals surface area contributed by atoms with Gasteiger partial charge in [-0.15, -0.1) is 0 Å². The molecule has 43 heavy (non-hydrogen) atoms. The van der Waals surface area contributed by atoms with Gasteiger partial charge in [-0.1, -0.05) is 127 Å². The lowest BCUT2D eigenvalue weighted by molar-refractivity contribution is 0.0816. The summed E-state index contributed by atoms with van der Waals surface area (Å²) in [4.78, 5) is 5.61. The van der Waals surface area contributed by atoms with E-state index < -0.39 is 0 Å². The third-order valence-corrected chi connectivity index (χ3v) is 11.1. The van der Waals surface area contributed by atoms with Gasteiger partial charge in [0.2, 0.25) is 0 Å². The Morgan fingerprint density at radius 2 is 1.07 bits per heavy atom. The molecule has 0 aromatic heterocycles. The first-order valence-corrected chi connectivity index (χ1v) is 18.8. The van der Waals surface area contributed by atoms with Crippen molar-refractivity contribution < 1.29 is 0 Å². The van der Waals surface area contributed by atoms with Crippen LogP contribution in [0.2, 0.25) is 0 Å². The molecule has 2 aliphatic heterocycles. The van der Waals surface area contributed by atoms with Crippen LogP contribution in [0.25, 0.3) is 0 Å². The smallest absolute Gasteiger partial charge is 0.0376 e. The number of rotatable bonds is 6. The summed E-state index contributed by atoms with van der Waals surface area (Å²) in [6, 6.07) is 12.7. The van der Waals surface area contributed by atoms with Crippen LogP contribution < -0.4 is 0 Å². The maximum Gasteiger partial charge on any atom is 0.0376 e. The molecule has 1 aromatic rings. The molecule has 0 spiro atoms. The van der Waals surface area contributed by atoms with Gasteiger partial charge in [0.25, 0.3) is 0 Å². The van der Waals surface area contributed by atoms with Crippen molar-refractivity contribution in [3.8, 4) is 0 Å². The number of hydrogen-bond acceptors (Lipinski definition) is 2. The summed E-state index contributed by atoms with van der Waals surface area (Å²) in [7, 11) is 0. The molecule has 2 heteroatoms. The Morgan fingerprint density at radius 1 is 0.581 bits per heavy atom. The normalized spacial score (nSPS) is 25.0. The van der Waals surface area contributed by atoms with Gasteiger partial charge in [-0.2, -0.15) is 0 Å². The van der Waals surface area contributed by atoms with E-state index in [1.54, 1.807) is 11.1 Å². The van der Waals surface area contributed by atoms with E-state index in [2.05, 4.69) is 84.4 Å². The molecule has 1 aromatic carbocycles. The molecule has 2 nitrogen and oxygen atoms in total. The second kappa shape index (κ2) is 19.0. The van der Waals surface area contributed by atoms with Crippen LogP contribution in [-0.4, -0.2) is 42.0 Å². The van der Waals surface area contributed by atoms with Gasteiger partial charge in [0, 0.05) is 12.1 Å². The molecule has 3 aliphatic carbocycles.